The lowest BCUT2D eigenvalue weighted by Crippen LogP contribution is -2.13. The van der Waals surface area contributed by atoms with Crippen molar-refractivity contribution >= 4 is 29.0 Å². The van der Waals surface area contributed by atoms with Gasteiger partial charge in [-0.2, -0.15) is 0 Å². The molecule has 0 aliphatic carbocycles. The van der Waals surface area contributed by atoms with Crippen LogP contribution in [0.25, 0.3) is 0 Å². The normalized spacial score (nSPS) is 10.4. The molecule has 2 N–H and O–H groups in total. The highest BCUT2D eigenvalue weighted by molar-refractivity contribution is 6.04. The number of carbonyl (C=O) groups is 2. The van der Waals surface area contributed by atoms with Crippen molar-refractivity contribution in [3.63, 3.8) is 0 Å². The summed E-state index contributed by atoms with van der Waals surface area (Å²) < 4.78 is 0. The lowest BCUT2D eigenvalue weighted by atomic mass is 10.1. The molecular weight excluding hydrogens is 352 g/mol. The van der Waals surface area contributed by atoms with Gasteiger partial charge in [0.05, 0.1) is 5.56 Å². The number of benzene rings is 2. The van der Waals surface area contributed by atoms with Crippen LogP contribution < -0.4 is 10.6 Å². The summed E-state index contributed by atoms with van der Waals surface area (Å²) >= 11 is 0. The molecule has 0 saturated carbocycles. The highest BCUT2D eigenvalue weighted by Gasteiger charge is 2.10. The molecule has 1 aromatic heterocycles. The van der Waals surface area contributed by atoms with Gasteiger partial charge in [-0.05, 0) is 43.5 Å². The van der Waals surface area contributed by atoms with Crippen LogP contribution in [0.3, 0.4) is 0 Å². The quantitative estimate of drug-likeness (QED) is 0.619. The van der Waals surface area contributed by atoms with Crippen molar-refractivity contribution in [3.8, 4) is 0 Å². The molecule has 0 spiro atoms. The van der Waals surface area contributed by atoms with E-state index in [1.165, 1.54) is 24.9 Å². The first-order valence-corrected chi connectivity index (χ1v) is 9.08. The lowest BCUT2D eigenvalue weighted by Gasteiger charge is -2.13. The Balaban J connectivity index is 1.73. The monoisotopic (exact) mass is 374 g/mol. The minimum Gasteiger partial charge on any atom is -0.324 e. The van der Waals surface area contributed by atoms with Crippen molar-refractivity contribution in [1.82, 2.24) is 9.97 Å². The smallest absolute Gasteiger partial charge is 0.258 e. The Morgan fingerprint density at radius 3 is 2.39 bits per heavy atom. The highest BCUT2D eigenvalue weighted by atomic mass is 16.1. The van der Waals surface area contributed by atoms with E-state index < -0.39 is 0 Å². The van der Waals surface area contributed by atoms with Crippen molar-refractivity contribution in [2.45, 2.75) is 27.2 Å². The summed E-state index contributed by atoms with van der Waals surface area (Å²) in [6.07, 6.45) is 3.84. The van der Waals surface area contributed by atoms with E-state index in [0.29, 0.717) is 22.8 Å². The number of hydrogen-bond donors (Lipinski definition) is 2. The van der Waals surface area contributed by atoms with Gasteiger partial charge in [-0.1, -0.05) is 37.3 Å². The maximum absolute atomic E-state index is 12.4. The van der Waals surface area contributed by atoms with Crippen molar-refractivity contribution in [2.75, 3.05) is 10.6 Å². The van der Waals surface area contributed by atoms with Gasteiger partial charge in [0.25, 0.3) is 5.91 Å². The van der Waals surface area contributed by atoms with Gasteiger partial charge in [0.2, 0.25) is 5.95 Å². The van der Waals surface area contributed by atoms with Crippen LogP contribution in [0.1, 0.15) is 45.7 Å². The number of hydrogen-bond acceptors (Lipinski definition) is 5. The molecule has 0 saturated heterocycles. The number of amides is 1. The number of aryl methyl sites for hydroxylation is 2. The fraction of sp³-hybridized carbons (Fsp3) is 0.182. The number of nitrogens with one attached hydrogen (secondary N) is 2. The van der Waals surface area contributed by atoms with Crippen LogP contribution in [0.4, 0.5) is 17.3 Å². The Hall–Kier alpha value is -3.54. The van der Waals surface area contributed by atoms with E-state index in [-0.39, 0.29) is 11.7 Å². The third kappa shape index (κ3) is 4.40. The van der Waals surface area contributed by atoms with E-state index in [1.807, 2.05) is 19.1 Å². The largest absolute Gasteiger partial charge is 0.324 e. The van der Waals surface area contributed by atoms with E-state index in [2.05, 4.69) is 33.6 Å². The summed E-state index contributed by atoms with van der Waals surface area (Å²) in [5.74, 6) is 0.0361. The van der Waals surface area contributed by atoms with Gasteiger partial charge < -0.3 is 10.6 Å². The zero-order chi connectivity index (χ0) is 20.1. The molecule has 3 aromatic rings. The molecule has 6 nitrogen and oxygen atoms in total. The third-order valence-corrected chi connectivity index (χ3v) is 4.42. The minimum atomic E-state index is -0.336. The molecule has 0 bridgehead atoms. The first-order valence-electron chi connectivity index (χ1n) is 9.08. The SMILES string of the molecule is CCc1cccc(C)c1Nc1ncc(C(=O)Nc2cccc(C(C)=O)c2)cn1. The summed E-state index contributed by atoms with van der Waals surface area (Å²) in [6, 6.07) is 12.9. The molecule has 2 aromatic carbocycles. The van der Waals surface area contributed by atoms with Crippen molar-refractivity contribution in [3.05, 3.63) is 77.1 Å². The topological polar surface area (TPSA) is 84.0 Å². The molecule has 0 radical (unpaired) electrons. The molecule has 0 unspecified atom stereocenters. The van der Waals surface area contributed by atoms with E-state index in [1.54, 1.807) is 24.3 Å². The minimum absolute atomic E-state index is 0.0579. The van der Waals surface area contributed by atoms with Gasteiger partial charge in [-0.3, -0.25) is 9.59 Å². The van der Waals surface area contributed by atoms with Crippen LogP contribution in [0.2, 0.25) is 0 Å². The number of para-hydroxylation sites is 1. The van der Waals surface area contributed by atoms with Crippen molar-refractivity contribution < 1.29 is 9.59 Å². The second kappa shape index (κ2) is 8.43. The molecular formula is C22H22N4O2. The zero-order valence-corrected chi connectivity index (χ0v) is 16.1. The van der Waals surface area contributed by atoms with Crippen LogP contribution in [-0.2, 0) is 6.42 Å². The number of ketones is 1. The van der Waals surface area contributed by atoms with E-state index in [0.717, 1.165) is 17.7 Å². The maximum atomic E-state index is 12.4. The van der Waals surface area contributed by atoms with Gasteiger partial charge in [-0.25, -0.2) is 9.97 Å². The first-order chi connectivity index (χ1) is 13.5. The average Bonchev–Trinajstić information content (AvgIpc) is 2.70. The van der Waals surface area contributed by atoms with Crippen molar-refractivity contribution in [2.24, 2.45) is 0 Å². The zero-order valence-electron chi connectivity index (χ0n) is 16.1. The van der Waals surface area contributed by atoms with Gasteiger partial charge >= 0.3 is 0 Å². The summed E-state index contributed by atoms with van der Waals surface area (Å²) in [5, 5.41) is 5.99. The van der Waals surface area contributed by atoms with Crippen LogP contribution in [0.15, 0.2) is 54.9 Å². The Labute approximate surface area is 164 Å². The summed E-state index contributed by atoms with van der Waals surface area (Å²) in [6.45, 7) is 5.60. The standard InChI is InChI=1S/C22H22N4O2/c1-4-16-8-5-7-14(2)20(16)26-22-23-12-18(13-24-22)21(28)25-19-10-6-9-17(11-19)15(3)27/h5-13H,4H2,1-3H3,(H,25,28)(H,23,24,26). The molecule has 0 atom stereocenters. The van der Waals surface area contributed by atoms with E-state index in [4.69, 9.17) is 0 Å². The predicted octanol–water partition coefficient (Wildman–Crippen LogP) is 4.55. The summed E-state index contributed by atoms with van der Waals surface area (Å²) in [5.41, 5.74) is 4.69. The predicted molar refractivity (Wildman–Crippen MR) is 110 cm³/mol. The molecule has 142 valence electrons. The number of aromatic nitrogens is 2. The van der Waals surface area contributed by atoms with Crippen LogP contribution >= 0.6 is 0 Å². The molecule has 1 amide bonds. The number of Topliss-reactive ketones (excluding diaryl/α,β-unsaturated/α-hetero) is 1. The van der Waals surface area contributed by atoms with E-state index in [9.17, 15) is 9.59 Å². The Morgan fingerprint density at radius 1 is 1.00 bits per heavy atom. The van der Waals surface area contributed by atoms with Crippen LogP contribution in [0, 0.1) is 6.92 Å². The molecule has 28 heavy (non-hydrogen) atoms. The first kappa shape index (κ1) is 19.2. The Kier molecular flexibility index (Phi) is 5.79. The fourth-order valence-electron chi connectivity index (χ4n) is 2.84. The van der Waals surface area contributed by atoms with Gasteiger partial charge in [0.15, 0.2) is 5.78 Å². The van der Waals surface area contributed by atoms with Gasteiger partial charge in [0, 0.05) is 29.3 Å². The molecule has 0 aliphatic heterocycles. The van der Waals surface area contributed by atoms with Crippen LogP contribution in [-0.4, -0.2) is 21.7 Å². The number of nitrogens with zero attached hydrogens (tertiary/aromatic N) is 2. The summed E-state index contributed by atoms with van der Waals surface area (Å²) in [7, 11) is 0. The number of carbonyl (C=O) groups excluding carboxylic acids is 2. The van der Waals surface area contributed by atoms with E-state index >= 15 is 0 Å². The maximum Gasteiger partial charge on any atom is 0.258 e. The molecule has 0 fully saturated rings. The highest BCUT2D eigenvalue weighted by Crippen LogP contribution is 2.23. The molecule has 6 heteroatoms. The molecule has 3 rings (SSSR count). The third-order valence-electron chi connectivity index (χ3n) is 4.42. The van der Waals surface area contributed by atoms with Crippen LogP contribution in [0.5, 0.6) is 0 Å². The fourth-order valence-corrected chi connectivity index (χ4v) is 2.84. The second-order valence-corrected chi connectivity index (χ2v) is 6.47. The Bertz CT molecular complexity index is 1010. The van der Waals surface area contributed by atoms with Gasteiger partial charge in [0.1, 0.15) is 0 Å². The molecule has 0 aliphatic rings. The summed E-state index contributed by atoms with van der Waals surface area (Å²) in [4.78, 5) is 32.4. The lowest BCUT2D eigenvalue weighted by molar-refractivity contribution is 0.101. The van der Waals surface area contributed by atoms with Gasteiger partial charge in [-0.15, -0.1) is 0 Å². The second-order valence-electron chi connectivity index (χ2n) is 6.47. The van der Waals surface area contributed by atoms with Crippen molar-refractivity contribution in [1.29, 1.82) is 0 Å². The number of rotatable bonds is 6. The number of anilines is 3. The Morgan fingerprint density at radius 2 is 1.71 bits per heavy atom. The molecule has 1 heterocycles. The average molecular weight is 374 g/mol.